The van der Waals surface area contributed by atoms with E-state index in [0.717, 1.165) is 12.8 Å². The summed E-state index contributed by atoms with van der Waals surface area (Å²) in [7, 11) is -3.66. The lowest BCUT2D eigenvalue weighted by Crippen LogP contribution is -2.45. The van der Waals surface area contributed by atoms with Gasteiger partial charge in [-0.05, 0) is 12.8 Å². The fourth-order valence-electron chi connectivity index (χ4n) is 2.09. The Labute approximate surface area is 99.7 Å². The van der Waals surface area contributed by atoms with Gasteiger partial charge in [-0.2, -0.15) is 9.40 Å². The van der Waals surface area contributed by atoms with Crippen LogP contribution in [-0.4, -0.2) is 47.2 Å². The van der Waals surface area contributed by atoms with Crippen molar-refractivity contribution in [2.24, 2.45) is 0 Å². The molecule has 0 amide bonds. The molecule has 1 aliphatic heterocycles. The first-order chi connectivity index (χ1) is 8.07. The number of nitrogens with one attached hydrogen (secondary N) is 1. The Bertz CT molecular complexity index is 484. The lowest BCUT2D eigenvalue weighted by atomic mass is 10.1. The normalized spacial score (nSPS) is 22.8. The number of nitrogens with two attached hydrogens (primary N) is 1. The Morgan fingerprint density at radius 3 is 2.94 bits per heavy atom. The van der Waals surface area contributed by atoms with E-state index < -0.39 is 10.0 Å². The third kappa shape index (κ3) is 2.15. The molecular weight excluding hydrogens is 244 g/mol. The zero-order chi connectivity index (χ0) is 12.5. The minimum atomic E-state index is -3.66. The van der Waals surface area contributed by atoms with Crippen LogP contribution in [0.15, 0.2) is 11.1 Å². The number of sulfonamides is 1. The van der Waals surface area contributed by atoms with Crippen molar-refractivity contribution in [3.8, 4) is 0 Å². The summed E-state index contributed by atoms with van der Waals surface area (Å²) < 4.78 is 25.9. The van der Waals surface area contributed by atoms with Crippen LogP contribution in [0, 0.1) is 0 Å². The largest absolute Gasteiger partial charge is 0.395 e. The summed E-state index contributed by atoms with van der Waals surface area (Å²) in [6.45, 7) is 0.245. The van der Waals surface area contributed by atoms with E-state index in [1.54, 1.807) is 0 Å². The van der Waals surface area contributed by atoms with Crippen molar-refractivity contribution in [1.29, 1.82) is 0 Å². The highest BCUT2D eigenvalue weighted by atomic mass is 32.2. The molecule has 1 fully saturated rings. The van der Waals surface area contributed by atoms with Gasteiger partial charge in [-0.1, -0.05) is 6.42 Å². The SMILES string of the molecule is Nc1[nH]ncc1S(=O)(=O)N1CCCCC1CO. The Morgan fingerprint density at radius 2 is 2.35 bits per heavy atom. The zero-order valence-electron chi connectivity index (χ0n) is 9.33. The molecule has 7 nitrogen and oxygen atoms in total. The number of aliphatic hydroxyl groups excluding tert-OH is 1. The van der Waals surface area contributed by atoms with Gasteiger partial charge in [-0.25, -0.2) is 8.42 Å². The lowest BCUT2D eigenvalue weighted by molar-refractivity contribution is 0.155. The summed E-state index contributed by atoms with van der Waals surface area (Å²) in [5, 5.41) is 15.3. The second-order valence-corrected chi connectivity index (χ2v) is 5.95. The smallest absolute Gasteiger partial charge is 0.248 e. The van der Waals surface area contributed by atoms with E-state index >= 15 is 0 Å². The molecule has 0 bridgehead atoms. The topological polar surface area (TPSA) is 112 Å². The third-order valence-corrected chi connectivity index (χ3v) is 4.98. The first-order valence-electron chi connectivity index (χ1n) is 5.49. The van der Waals surface area contributed by atoms with E-state index in [1.165, 1.54) is 10.5 Å². The predicted octanol–water partition coefficient (Wildman–Crippen LogP) is -0.473. The van der Waals surface area contributed by atoms with E-state index in [0.29, 0.717) is 13.0 Å². The molecule has 1 atom stereocenters. The second kappa shape index (κ2) is 4.63. The number of aliphatic hydroxyl groups is 1. The molecule has 1 saturated heterocycles. The molecule has 0 aliphatic carbocycles. The third-order valence-electron chi connectivity index (χ3n) is 3.00. The van der Waals surface area contributed by atoms with Crippen LogP contribution in [0.4, 0.5) is 5.82 Å². The average molecular weight is 260 g/mol. The second-order valence-electron chi connectivity index (χ2n) is 4.10. The van der Waals surface area contributed by atoms with Gasteiger partial charge in [0.15, 0.2) is 0 Å². The van der Waals surface area contributed by atoms with Crippen molar-refractivity contribution in [3.05, 3.63) is 6.20 Å². The van der Waals surface area contributed by atoms with Crippen LogP contribution in [-0.2, 0) is 10.0 Å². The number of nitrogen functional groups attached to an aromatic ring is 1. The molecule has 0 spiro atoms. The van der Waals surface area contributed by atoms with Crippen LogP contribution >= 0.6 is 0 Å². The fourth-order valence-corrected chi connectivity index (χ4v) is 3.79. The summed E-state index contributed by atoms with van der Waals surface area (Å²) in [6, 6.07) is -0.358. The molecule has 1 aliphatic rings. The Kier molecular flexibility index (Phi) is 3.36. The molecule has 1 aromatic heterocycles. The minimum Gasteiger partial charge on any atom is -0.395 e. The van der Waals surface area contributed by atoms with Crippen LogP contribution in [0.5, 0.6) is 0 Å². The van der Waals surface area contributed by atoms with Gasteiger partial charge < -0.3 is 10.8 Å². The Hall–Kier alpha value is -1.12. The van der Waals surface area contributed by atoms with Crippen LogP contribution in [0.25, 0.3) is 0 Å². The van der Waals surface area contributed by atoms with E-state index in [1.807, 2.05) is 0 Å². The number of aromatic nitrogens is 2. The molecule has 1 unspecified atom stereocenters. The van der Waals surface area contributed by atoms with E-state index in [9.17, 15) is 13.5 Å². The van der Waals surface area contributed by atoms with Crippen LogP contribution < -0.4 is 5.73 Å². The van der Waals surface area contributed by atoms with Gasteiger partial charge in [0.05, 0.1) is 12.8 Å². The van der Waals surface area contributed by atoms with Crippen LogP contribution in [0.2, 0.25) is 0 Å². The predicted molar refractivity (Wildman–Crippen MR) is 61.6 cm³/mol. The van der Waals surface area contributed by atoms with Gasteiger partial charge in [-0.3, -0.25) is 5.10 Å². The van der Waals surface area contributed by atoms with Gasteiger partial charge in [0.2, 0.25) is 10.0 Å². The number of rotatable bonds is 3. The fraction of sp³-hybridized carbons (Fsp3) is 0.667. The molecule has 1 aromatic rings. The van der Waals surface area contributed by atoms with Crippen LogP contribution in [0.3, 0.4) is 0 Å². The number of nitrogens with zero attached hydrogens (tertiary/aromatic N) is 2. The first kappa shape index (κ1) is 12.3. The molecule has 8 heteroatoms. The van der Waals surface area contributed by atoms with Gasteiger partial charge in [-0.15, -0.1) is 0 Å². The zero-order valence-corrected chi connectivity index (χ0v) is 10.2. The monoisotopic (exact) mass is 260 g/mol. The quantitative estimate of drug-likeness (QED) is 0.680. The van der Waals surface area contributed by atoms with Crippen molar-refractivity contribution in [1.82, 2.24) is 14.5 Å². The number of anilines is 1. The van der Waals surface area contributed by atoms with Crippen molar-refractivity contribution >= 4 is 15.8 Å². The molecule has 2 rings (SSSR count). The van der Waals surface area contributed by atoms with Gasteiger partial charge >= 0.3 is 0 Å². The number of piperidine rings is 1. The summed E-state index contributed by atoms with van der Waals surface area (Å²) >= 11 is 0. The average Bonchev–Trinajstić information content (AvgIpc) is 2.76. The summed E-state index contributed by atoms with van der Waals surface area (Å²) in [5.74, 6) is 0.0345. The van der Waals surface area contributed by atoms with Crippen molar-refractivity contribution in [2.45, 2.75) is 30.2 Å². The Balaban J connectivity index is 2.34. The highest BCUT2D eigenvalue weighted by molar-refractivity contribution is 7.89. The summed E-state index contributed by atoms with van der Waals surface area (Å²) in [4.78, 5) is -0.0159. The number of aromatic amines is 1. The van der Waals surface area contributed by atoms with Crippen molar-refractivity contribution < 1.29 is 13.5 Å². The van der Waals surface area contributed by atoms with Gasteiger partial charge in [0.1, 0.15) is 10.7 Å². The molecular formula is C9H16N4O3S. The maximum Gasteiger partial charge on any atom is 0.248 e. The molecule has 96 valence electrons. The Morgan fingerprint density at radius 1 is 1.59 bits per heavy atom. The summed E-state index contributed by atoms with van der Waals surface area (Å²) in [5.41, 5.74) is 5.53. The molecule has 0 aromatic carbocycles. The molecule has 0 saturated carbocycles. The molecule has 2 heterocycles. The van der Waals surface area contributed by atoms with Crippen LogP contribution in [0.1, 0.15) is 19.3 Å². The van der Waals surface area contributed by atoms with E-state index in [2.05, 4.69) is 10.2 Å². The number of H-pyrrole nitrogens is 1. The molecule has 17 heavy (non-hydrogen) atoms. The molecule has 0 radical (unpaired) electrons. The number of hydrogen-bond donors (Lipinski definition) is 3. The van der Waals surface area contributed by atoms with E-state index in [4.69, 9.17) is 5.73 Å². The van der Waals surface area contributed by atoms with E-state index in [-0.39, 0.29) is 23.4 Å². The lowest BCUT2D eigenvalue weighted by Gasteiger charge is -2.33. The van der Waals surface area contributed by atoms with Gasteiger partial charge in [0, 0.05) is 12.6 Å². The number of hydrogen-bond acceptors (Lipinski definition) is 5. The first-order valence-corrected chi connectivity index (χ1v) is 6.93. The van der Waals surface area contributed by atoms with Crippen molar-refractivity contribution in [2.75, 3.05) is 18.9 Å². The standard InChI is InChI=1S/C9H16N4O3S/c10-9-8(5-11-12-9)17(15,16)13-4-2-1-3-7(13)6-14/h5,7,14H,1-4,6H2,(H3,10,11,12). The molecule has 4 N–H and O–H groups in total. The van der Waals surface area contributed by atoms with Crippen molar-refractivity contribution in [3.63, 3.8) is 0 Å². The van der Waals surface area contributed by atoms with Gasteiger partial charge in [0.25, 0.3) is 0 Å². The summed E-state index contributed by atoms with van der Waals surface area (Å²) in [6.07, 6.45) is 3.60. The maximum absolute atomic E-state index is 12.3. The maximum atomic E-state index is 12.3. The minimum absolute atomic E-state index is 0.0159. The highest BCUT2D eigenvalue weighted by Gasteiger charge is 2.34. The highest BCUT2D eigenvalue weighted by Crippen LogP contribution is 2.26.